The van der Waals surface area contributed by atoms with Crippen molar-refractivity contribution in [1.82, 2.24) is 5.32 Å². The lowest BCUT2D eigenvalue weighted by molar-refractivity contribution is -0.126. The average Bonchev–Trinajstić information content (AvgIpc) is 2.79. The molecule has 1 amide bonds. The first kappa shape index (κ1) is 10.0. The summed E-state index contributed by atoms with van der Waals surface area (Å²) in [6, 6.07) is 0. The molecule has 2 bridgehead atoms. The Balaban J connectivity index is 1.75. The van der Waals surface area contributed by atoms with Crippen LogP contribution < -0.4 is 5.32 Å². The number of nitrogens with one attached hydrogen (secondary N) is 1. The number of unbranched alkanes of at least 4 members (excludes halogenated alkanes) is 1. The van der Waals surface area contributed by atoms with E-state index in [2.05, 4.69) is 12.2 Å². The molecule has 2 fully saturated rings. The number of hydrogen-bond donors (Lipinski definition) is 1. The van der Waals surface area contributed by atoms with Crippen molar-refractivity contribution >= 4 is 5.91 Å². The Morgan fingerprint density at radius 2 is 2.21 bits per heavy atom. The number of hydrogen-bond acceptors (Lipinski definition) is 1. The van der Waals surface area contributed by atoms with E-state index in [0.717, 1.165) is 31.2 Å². The first-order valence-electron chi connectivity index (χ1n) is 6.09. The average molecular weight is 195 g/mol. The molecule has 14 heavy (non-hydrogen) atoms. The molecule has 2 aliphatic carbocycles. The fraction of sp³-hybridized carbons (Fsp3) is 0.917. The molecule has 2 nitrogen and oxygen atoms in total. The van der Waals surface area contributed by atoms with Gasteiger partial charge in [0.15, 0.2) is 0 Å². The molecule has 0 aromatic rings. The summed E-state index contributed by atoms with van der Waals surface area (Å²) < 4.78 is 0. The molecule has 2 saturated carbocycles. The van der Waals surface area contributed by atoms with Crippen LogP contribution in [-0.4, -0.2) is 12.5 Å². The first-order chi connectivity index (χ1) is 6.81. The van der Waals surface area contributed by atoms with Crippen LogP contribution in [0.2, 0.25) is 0 Å². The normalized spacial score (nSPS) is 34.8. The van der Waals surface area contributed by atoms with Crippen LogP contribution in [0.1, 0.15) is 45.4 Å². The molecule has 0 heterocycles. The van der Waals surface area contributed by atoms with Crippen LogP contribution >= 0.6 is 0 Å². The highest BCUT2D eigenvalue weighted by atomic mass is 16.1. The van der Waals surface area contributed by atoms with Gasteiger partial charge in [0.25, 0.3) is 0 Å². The summed E-state index contributed by atoms with van der Waals surface area (Å²) in [5.41, 5.74) is 0. The maximum atomic E-state index is 11.8. The Bertz CT molecular complexity index is 214. The van der Waals surface area contributed by atoms with Crippen LogP contribution in [0.5, 0.6) is 0 Å². The molecule has 0 radical (unpaired) electrons. The van der Waals surface area contributed by atoms with Crippen molar-refractivity contribution in [3.8, 4) is 0 Å². The second-order valence-corrected chi connectivity index (χ2v) is 4.93. The van der Waals surface area contributed by atoms with Crippen molar-refractivity contribution in [2.75, 3.05) is 6.54 Å². The summed E-state index contributed by atoms with van der Waals surface area (Å²) in [5, 5.41) is 3.07. The Morgan fingerprint density at radius 3 is 2.79 bits per heavy atom. The summed E-state index contributed by atoms with van der Waals surface area (Å²) in [5.74, 6) is 2.31. The number of rotatable bonds is 4. The van der Waals surface area contributed by atoms with Gasteiger partial charge in [-0.25, -0.2) is 0 Å². The van der Waals surface area contributed by atoms with Gasteiger partial charge in [-0.05, 0) is 37.5 Å². The molecule has 0 spiro atoms. The van der Waals surface area contributed by atoms with E-state index < -0.39 is 0 Å². The van der Waals surface area contributed by atoms with Crippen LogP contribution in [0.4, 0.5) is 0 Å². The molecule has 2 heteroatoms. The van der Waals surface area contributed by atoms with Crippen molar-refractivity contribution < 1.29 is 4.79 Å². The van der Waals surface area contributed by atoms with Crippen molar-refractivity contribution in [2.45, 2.75) is 45.4 Å². The summed E-state index contributed by atoms with van der Waals surface area (Å²) in [7, 11) is 0. The minimum atomic E-state index is 0.339. The van der Waals surface area contributed by atoms with Gasteiger partial charge in [-0.3, -0.25) is 4.79 Å². The van der Waals surface area contributed by atoms with Crippen molar-refractivity contribution in [1.29, 1.82) is 0 Å². The molecule has 1 N–H and O–H groups in total. The minimum absolute atomic E-state index is 0.339. The summed E-state index contributed by atoms with van der Waals surface area (Å²) in [6.45, 7) is 3.03. The lowest BCUT2D eigenvalue weighted by Gasteiger charge is -2.20. The standard InChI is InChI=1S/C12H21NO/c1-2-3-6-13-12(14)11-8-9-4-5-10(11)7-9/h9-11H,2-8H2,1H3,(H,13,14). The van der Waals surface area contributed by atoms with Gasteiger partial charge in [-0.15, -0.1) is 0 Å². The van der Waals surface area contributed by atoms with Gasteiger partial charge in [-0.1, -0.05) is 19.8 Å². The van der Waals surface area contributed by atoms with E-state index in [1.165, 1.54) is 25.7 Å². The number of fused-ring (bicyclic) bond motifs is 2. The fourth-order valence-corrected chi connectivity index (χ4v) is 3.09. The SMILES string of the molecule is CCCCNC(=O)C1CC2CCC1C2. The van der Waals surface area contributed by atoms with Crippen molar-refractivity contribution in [3.63, 3.8) is 0 Å². The zero-order valence-electron chi connectivity index (χ0n) is 9.09. The molecule has 0 aromatic heterocycles. The van der Waals surface area contributed by atoms with Gasteiger partial charge < -0.3 is 5.32 Å². The lowest BCUT2D eigenvalue weighted by atomic mass is 9.88. The molecule has 0 aromatic carbocycles. The molecule has 0 saturated heterocycles. The molecule has 2 aliphatic rings. The number of carbonyl (C=O) groups excluding carboxylic acids is 1. The first-order valence-corrected chi connectivity index (χ1v) is 6.09. The van der Waals surface area contributed by atoms with E-state index in [-0.39, 0.29) is 0 Å². The summed E-state index contributed by atoms with van der Waals surface area (Å²) in [4.78, 5) is 11.8. The van der Waals surface area contributed by atoms with Gasteiger partial charge in [0, 0.05) is 12.5 Å². The maximum Gasteiger partial charge on any atom is 0.223 e. The fourth-order valence-electron chi connectivity index (χ4n) is 3.09. The van der Waals surface area contributed by atoms with Crippen molar-refractivity contribution in [3.05, 3.63) is 0 Å². The van der Waals surface area contributed by atoms with Crippen molar-refractivity contribution in [2.24, 2.45) is 17.8 Å². The van der Waals surface area contributed by atoms with E-state index in [1.807, 2.05) is 0 Å². The smallest absolute Gasteiger partial charge is 0.223 e. The predicted octanol–water partition coefficient (Wildman–Crippen LogP) is 2.34. The largest absolute Gasteiger partial charge is 0.356 e. The summed E-state index contributed by atoms with van der Waals surface area (Å²) in [6.07, 6.45) is 7.46. The van der Waals surface area contributed by atoms with E-state index >= 15 is 0 Å². The van der Waals surface area contributed by atoms with Gasteiger partial charge in [0.05, 0.1) is 0 Å². The molecule has 3 atom stereocenters. The maximum absolute atomic E-state index is 11.8. The lowest BCUT2D eigenvalue weighted by Crippen LogP contribution is -2.34. The molecule has 80 valence electrons. The Labute approximate surface area is 86.5 Å². The second kappa shape index (κ2) is 4.33. The molecule has 0 aliphatic heterocycles. The van der Waals surface area contributed by atoms with Crippen LogP contribution in [0.15, 0.2) is 0 Å². The minimum Gasteiger partial charge on any atom is -0.356 e. The van der Waals surface area contributed by atoms with Gasteiger partial charge >= 0.3 is 0 Å². The van der Waals surface area contributed by atoms with Crippen LogP contribution in [0, 0.1) is 17.8 Å². The molecular weight excluding hydrogens is 174 g/mol. The number of carbonyl (C=O) groups is 1. The van der Waals surface area contributed by atoms with Gasteiger partial charge in [0.1, 0.15) is 0 Å². The van der Waals surface area contributed by atoms with Crippen LogP contribution in [0.25, 0.3) is 0 Å². The van der Waals surface area contributed by atoms with Crippen LogP contribution in [-0.2, 0) is 4.79 Å². The van der Waals surface area contributed by atoms with Gasteiger partial charge in [-0.2, -0.15) is 0 Å². The Hall–Kier alpha value is -0.530. The quantitative estimate of drug-likeness (QED) is 0.685. The van der Waals surface area contributed by atoms with Crippen LogP contribution in [0.3, 0.4) is 0 Å². The highest BCUT2D eigenvalue weighted by Gasteiger charge is 2.42. The van der Waals surface area contributed by atoms with E-state index in [0.29, 0.717) is 11.8 Å². The van der Waals surface area contributed by atoms with E-state index in [4.69, 9.17) is 0 Å². The Morgan fingerprint density at radius 1 is 1.36 bits per heavy atom. The zero-order chi connectivity index (χ0) is 9.97. The second-order valence-electron chi connectivity index (χ2n) is 4.93. The third-order valence-electron chi connectivity index (χ3n) is 3.90. The zero-order valence-corrected chi connectivity index (χ0v) is 9.09. The van der Waals surface area contributed by atoms with E-state index in [9.17, 15) is 4.79 Å². The topological polar surface area (TPSA) is 29.1 Å². The van der Waals surface area contributed by atoms with Gasteiger partial charge in [0.2, 0.25) is 5.91 Å². The molecule has 3 unspecified atom stereocenters. The summed E-state index contributed by atoms with van der Waals surface area (Å²) >= 11 is 0. The van der Waals surface area contributed by atoms with E-state index in [1.54, 1.807) is 0 Å². The Kier molecular flexibility index (Phi) is 3.09. The molecular formula is C12H21NO. The third kappa shape index (κ3) is 1.94. The highest BCUT2D eigenvalue weighted by Crippen LogP contribution is 2.48. The molecule has 2 rings (SSSR count). The third-order valence-corrected chi connectivity index (χ3v) is 3.90. The highest BCUT2D eigenvalue weighted by molar-refractivity contribution is 5.79. The number of amides is 1. The predicted molar refractivity (Wildman–Crippen MR) is 56.9 cm³/mol. The monoisotopic (exact) mass is 195 g/mol.